The molecule has 3 heteroatoms. The first-order chi connectivity index (χ1) is 6.17. The molecule has 0 fully saturated rings. The molecule has 0 aliphatic rings. The topological polar surface area (TPSA) is 17.8 Å². The second-order valence-corrected chi connectivity index (χ2v) is 4.20. The van der Waals surface area contributed by atoms with E-state index in [1.807, 2.05) is 0 Å². The number of aromatic nitrogens is 2. The van der Waals surface area contributed by atoms with E-state index in [2.05, 4.69) is 52.5 Å². The van der Waals surface area contributed by atoms with Gasteiger partial charge in [0.05, 0.1) is 5.69 Å². The molecule has 0 aromatic carbocycles. The molecule has 0 saturated heterocycles. The zero-order chi connectivity index (χ0) is 9.84. The Morgan fingerprint density at radius 3 is 2.85 bits per heavy atom. The fraction of sp³-hybridized carbons (Fsp3) is 0.700. The van der Waals surface area contributed by atoms with Gasteiger partial charge in [-0.3, -0.25) is 4.68 Å². The highest BCUT2D eigenvalue weighted by molar-refractivity contribution is 9.09. The highest BCUT2D eigenvalue weighted by atomic mass is 79.9. The summed E-state index contributed by atoms with van der Waals surface area (Å²) in [6.07, 6.45) is 1.11. The SMILES string of the molecule is CCn1nc(C)cc1CC(C)CBr. The number of halogens is 1. The first kappa shape index (κ1) is 10.8. The maximum Gasteiger partial charge on any atom is 0.0596 e. The van der Waals surface area contributed by atoms with Crippen molar-refractivity contribution < 1.29 is 0 Å². The van der Waals surface area contributed by atoms with Crippen LogP contribution in [0, 0.1) is 12.8 Å². The van der Waals surface area contributed by atoms with Crippen LogP contribution in [0.2, 0.25) is 0 Å². The zero-order valence-corrected chi connectivity index (χ0v) is 10.1. The molecule has 1 aromatic rings. The van der Waals surface area contributed by atoms with Gasteiger partial charge in [-0.15, -0.1) is 0 Å². The van der Waals surface area contributed by atoms with Gasteiger partial charge in [0.25, 0.3) is 0 Å². The highest BCUT2D eigenvalue weighted by Crippen LogP contribution is 2.12. The monoisotopic (exact) mass is 244 g/mol. The molecule has 0 amide bonds. The lowest BCUT2D eigenvalue weighted by molar-refractivity contribution is 0.567. The van der Waals surface area contributed by atoms with Crippen molar-refractivity contribution in [2.75, 3.05) is 5.33 Å². The fourth-order valence-electron chi connectivity index (χ4n) is 1.45. The van der Waals surface area contributed by atoms with Crippen LogP contribution in [0.1, 0.15) is 25.2 Å². The van der Waals surface area contributed by atoms with E-state index in [1.165, 1.54) is 5.69 Å². The number of aryl methyl sites for hydroxylation is 2. The molecule has 1 rings (SSSR count). The van der Waals surface area contributed by atoms with Crippen molar-refractivity contribution in [3.8, 4) is 0 Å². The standard InChI is InChI=1S/C10H17BrN2/c1-4-13-10(5-8(2)7-11)6-9(3)12-13/h6,8H,4-5,7H2,1-3H3. The van der Waals surface area contributed by atoms with Crippen molar-refractivity contribution >= 4 is 15.9 Å². The molecule has 1 aromatic heterocycles. The third-order valence-corrected chi connectivity index (χ3v) is 3.21. The lowest BCUT2D eigenvalue weighted by Gasteiger charge is -2.08. The van der Waals surface area contributed by atoms with Crippen LogP contribution in [0.3, 0.4) is 0 Å². The molecule has 2 nitrogen and oxygen atoms in total. The van der Waals surface area contributed by atoms with Gasteiger partial charge in [0.2, 0.25) is 0 Å². The van der Waals surface area contributed by atoms with E-state index in [1.54, 1.807) is 0 Å². The minimum absolute atomic E-state index is 0.682. The smallest absolute Gasteiger partial charge is 0.0596 e. The van der Waals surface area contributed by atoms with Gasteiger partial charge in [0.15, 0.2) is 0 Å². The molecule has 0 spiro atoms. The Labute approximate surface area is 88.5 Å². The number of alkyl halides is 1. The van der Waals surface area contributed by atoms with Crippen LogP contribution in [0.15, 0.2) is 6.07 Å². The van der Waals surface area contributed by atoms with E-state index in [4.69, 9.17) is 0 Å². The van der Waals surface area contributed by atoms with Gasteiger partial charge >= 0.3 is 0 Å². The number of nitrogens with zero attached hydrogens (tertiary/aromatic N) is 2. The van der Waals surface area contributed by atoms with Crippen LogP contribution in [-0.2, 0) is 13.0 Å². The number of rotatable bonds is 4. The van der Waals surface area contributed by atoms with Crippen LogP contribution in [0.4, 0.5) is 0 Å². The average Bonchev–Trinajstić information content (AvgIpc) is 2.46. The van der Waals surface area contributed by atoms with Gasteiger partial charge in [-0.2, -0.15) is 5.10 Å². The molecule has 1 unspecified atom stereocenters. The molecule has 0 aliphatic carbocycles. The highest BCUT2D eigenvalue weighted by Gasteiger charge is 2.07. The third-order valence-electron chi connectivity index (χ3n) is 2.11. The Kier molecular flexibility index (Phi) is 3.97. The minimum atomic E-state index is 0.682. The van der Waals surface area contributed by atoms with Crippen LogP contribution >= 0.6 is 15.9 Å². The molecule has 0 N–H and O–H groups in total. The van der Waals surface area contributed by atoms with Crippen molar-refractivity contribution in [1.82, 2.24) is 9.78 Å². The molecular formula is C10H17BrN2. The van der Waals surface area contributed by atoms with Crippen LogP contribution in [0.5, 0.6) is 0 Å². The Morgan fingerprint density at radius 2 is 2.31 bits per heavy atom. The number of hydrogen-bond acceptors (Lipinski definition) is 1. The van der Waals surface area contributed by atoms with Crippen molar-refractivity contribution in [3.05, 3.63) is 17.5 Å². The van der Waals surface area contributed by atoms with E-state index in [-0.39, 0.29) is 0 Å². The average molecular weight is 245 g/mol. The summed E-state index contributed by atoms with van der Waals surface area (Å²) in [5.41, 5.74) is 2.48. The Hall–Kier alpha value is -0.310. The number of hydrogen-bond donors (Lipinski definition) is 0. The molecule has 74 valence electrons. The van der Waals surface area contributed by atoms with E-state index >= 15 is 0 Å². The summed E-state index contributed by atoms with van der Waals surface area (Å²) < 4.78 is 2.09. The van der Waals surface area contributed by atoms with Gasteiger partial charge < -0.3 is 0 Å². The summed E-state index contributed by atoms with van der Waals surface area (Å²) in [6.45, 7) is 7.40. The van der Waals surface area contributed by atoms with Gasteiger partial charge in [-0.05, 0) is 32.3 Å². The van der Waals surface area contributed by atoms with Gasteiger partial charge in [-0.25, -0.2) is 0 Å². The molecule has 0 bridgehead atoms. The Morgan fingerprint density at radius 1 is 1.62 bits per heavy atom. The predicted octanol–water partition coefficient (Wildman–Crippen LogP) is 2.78. The lowest BCUT2D eigenvalue weighted by atomic mass is 10.1. The van der Waals surface area contributed by atoms with Crippen molar-refractivity contribution in [1.29, 1.82) is 0 Å². The van der Waals surface area contributed by atoms with Gasteiger partial charge in [0, 0.05) is 17.6 Å². The predicted molar refractivity (Wildman–Crippen MR) is 59.3 cm³/mol. The summed E-state index contributed by atoms with van der Waals surface area (Å²) in [4.78, 5) is 0. The second-order valence-electron chi connectivity index (χ2n) is 3.56. The maximum atomic E-state index is 4.42. The lowest BCUT2D eigenvalue weighted by Crippen LogP contribution is -2.08. The summed E-state index contributed by atoms with van der Waals surface area (Å²) in [5.74, 6) is 0.682. The summed E-state index contributed by atoms with van der Waals surface area (Å²) >= 11 is 3.50. The normalized spacial score (nSPS) is 13.2. The first-order valence-electron chi connectivity index (χ1n) is 4.76. The molecule has 0 aliphatic heterocycles. The summed E-state index contributed by atoms with van der Waals surface area (Å²) in [6, 6.07) is 2.18. The first-order valence-corrected chi connectivity index (χ1v) is 5.88. The quantitative estimate of drug-likeness (QED) is 0.746. The van der Waals surface area contributed by atoms with Gasteiger partial charge in [-0.1, -0.05) is 22.9 Å². The molecule has 1 atom stereocenters. The van der Waals surface area contributed by atoms with Crippen LogP contribution in [-0.4, -0.2) is 15.1 Å². The van der Waals surface area contributed by atoms with E-state index in [0.29, 0.717) is 5.92 Å². The van der Waals surface area contributed by atoms with E-state index in [0.717, 1.165) is 24.0 Å². The van der Waals surface area contributed by atoms with Crippen molar-refractivity contribution in [2.45, 2.75) is 33.7 Å². The van der Waals surface area contributed by atoms with Crippen LogP contribution in [0.25, 0.3) is 0 Å². The van der Waals surface area contributed by atoms with Crippen molar-refractivity contribution in [2.24, 2.45) is 5.92 Å². The summed E-state index contributed by atoms with van der Waals surface area (Å²) in [7, 11) is 0. The molecular weight excluding hydrogens is 228 g/mol. The molecule has 1 heterocycles. The maximum absolute atomic E-state index is 4.42. The van der Waals surface area contributed by atoms with Crippen molar-refractivity contribution in [3.63, 3.8) is 0 Å². The molecule has 13 heavy (non-hydrogen) atoms. The molecule has 0 saturated carbocycles. The minimum Gasteiger partial charge on any atom is -0.270 e. The second kappa shape index (κ2) is 4.80. The Bertz CT molecular complexity index is 268. The van der Waals surface area contributed by atoms with E-state index in [9.17, 15) is 0 Å². The Balaban J connectivity index is 2.74. The third kappa shape index (κ3) is 2.83. The fourth-order valence-corrected chi connectivity index (χ4v) is 1.68. The largest absolute Gasteiger partial charge is 0.270 e. The molecule has 0 radical (unpaired) electrons. The summed E-state index contributed by atoms with van der Waals surface area (Å²) in [5, 5.41) is 5.47. The van der Waals surface area contributed by atoms with Gasteiger partial charge in [0.1, 0.15) is 0 Å². The van der Waals surface area contributed by atoms with Crippen LogP contribution < -0.4 is 0 Å². The van der Waals surface area contributed by atoms with E-state index < -0.39 is 0 Å². The zero-order valence-electron chi connectivity index (χ0n) is 8.55.